The van der Waals surface area contributed by atoms with Gasteiger partial charge in [0, 0.05) is 12.2 Å². The van der Waals surface area contributed by atoms with Crippen LogP contribution in [0.4, 0.5) is 17.6 Å². The van der Waals surface area contributed by atoms with Crippen LogP contribution in [0.1, 0.15) is 24.2 Å². The molecular formula is C15H15F4NO4. The second kappa shape index (κ2) is 8.44. The van der Waals surface area contributed by atoms with Crippen molar-refractivity contribution in [3.8, 4) is 0 Å². The zero-order chi connectivity index (χ0) is 18.4. The molecule has 132 valence electrons. The first kappa shape index (κ1) is 19.6. The molecule has 0 saturated carbocycles. The minimum Gasteiger partial charge on any atom is -0.462 e. The molecule has 24 heavy (non-hydrogen) atoms. The van der Waals surface area contributed by atoms with Gasteiger partial charge in [0.15, 0.2) is 23.3 Å². The zero-order valence-electron chi connectivity index (χ0n) is 12.8. The van der Waals surface area contributed by atoms with Gasteiger partial charge in [-0.05, 0) is 19.9 Å². The molecule has 2 N–H and O–H groups in total. The van der Waals surface area contributed by atoms with Crippen molar-refractivity contribution < 1.29 is 37.0 Å². The van der Waals surface area contributed by atoms with E-state index in [2.05, 4.69) is 10.1 Å². The van der Waals surface area contributed by atoms with Gasteiger partial charge in [0.2, 0.25) is 5.78 Å². The van der Waals surface area contributed by atoms with Crippen LogP contribution in [0.25, 0.3) is 0 Å². The summed E-state index contributed by atoms with van der Waals surface area (Å²) in [6.45, 7) is 2.48. The van der Waals surface area contributed by atoms with E-state index in [4.69, 9.17) is 5.11 Å². The van der Waals surface area contributed by atoms with Crippen LogP contribution in [0.5, 0.6) is 0 Å². The van der Waals surface area contributed by atoms with E-state index in [1.54, 1.807) is 0 Å². The second-order valence-electron chi connectivity index (χ2n) is 4.71. The zero-order valence-corrected chi connectivity index (χ0v) is 12.8. The van der Waals surface area contributed by atoms with E-state index >= 15 is 0 Å². The monoisotopic (exact) mass is 349 g/mol. The molecule has 0 bridgehead atoms. The fourth-order valence-electron chi connectivity index (χ4n) is 1.59. The van der Waals surface area contributed by atoms with Crippen molar-refractivity contribution in [1.82, 2.24) is 5.32 Å². The van der Waals surface area contributed by atoms with Crippen LogP contribution in [0, 0.1) is 23.3 Å². The number of aliphatic hydroxyl groups is 1. The predicted octanol–water partition coefficient (Wildman–Crippen LogP) is 1.84. The van der Waals surface area contributed by atoms with E-state index in [1.807, 2.05) is 0 Å². The standard InChI is InChI=1S/C15H15F4NO4/c1-3-24-15(23)9(5-20-7(2)6-21)14(22)8-4-10(16)12(18)13(19)11(8)17/h4-5,7,20-21H,3,6H2,1-2H3. The Bertz CT molecular complexity index is 676. The quantitative estimate of drug-likeness (QED) is 0.115. The molecule has 1 rings (SSSR count). The smallest absolute Gasteiger partial charge is 0.343 e. The van der Waals surface area contributed by atoms with E-state index in [1.165, 1.54) is 13.8 Å². The van der Waals surface area contributed by atoms with Gasteiger partial charge in [0.1, 0.15) is 5.57 Å². The number of ether oxygens (including phenoxy) is 1. The van der Waals surface area contributed by atoms with E-state index in [-0.39, 0.29) is 19.3 Å². The highest BCUT2D eigenvalue weighted by atomic mass is 19.2. The average Bonchev–Trinajstić information content (AvgIpc) is 2.56. The Hall–Kier alpha value is -2.42. The Kier molecular flexibility index (Phi) is 6.90. The molecule has 9 heteroatoms. The summed E-state index contributed by atoms with van der Waals surface area (Å²) in [4.78, 5) is 24.0. The first-order valence-corrected chi connectivity index (χ1v) is 6.86. The Morgan fingerprint density at radius 3 is 2.42 bits per heavy atom. The molecule has 1 atom stereocenters. The van der Waals surface area contributed by atoms with E-state index in [0.29, 0.717) is 0 Å². The summed E-state index contributed by atoms with van der Waals surface area (Å²) < 4.78 is 57.8. The molecule has 1 unspecified atom stereocenters. The molecule has 1 aromatic rings. The maximum atomic E-state index is 13.7. The van der Waals surface area contributed by atoms with Crippen LogP contribution in [-0.2, 0) is 9.53 Å². The lowest BCUT2D eigenvalue weighted by Crippen LogP contribution is -2.28. The van der Waals surface area contributed by atoms with Crippen LogP contribution in [0.2, 0.25) is 0 Å². The second-order valence-corrected chi connectivity index (χ2v) is 4.71. The molecule has 1 aromatic carbocycles. The number of carbonyl (C=O) groups excluding carboxylic acids is 2. The van der Waals surface area contributed by atoms with E-state index in [9.17, 15) is 27.2 Å². The molecule has 0 aliphatic carbocycles. The van der Waals surface area contributed by atoms with Crippen molar-refractivity contribution in [3.63, 3.8) is 0 Å². The largest absolute Gasteiger partial charge is 0.462 e. The molecule has 0 aliphatic heterocycles. The highest BCUT2D eigenvalue weighted by Crippen LogP contribution is 2.21. The molecule has 0 aliphatic rings. The van der Waals surface area contributed by atoms with Gasteiger partial charge in [0.25, 0.3) is 0 Å². The fraction of sp³-hybridized carbons (Fsp3) is 0.333. The van der Waals surface area contributed by atoms with Crippen molar-refractivity contribution in [2.45, 2.75) is 19.9 Å². The van der Waals surface area contributed by atoms with Gasteiger partial charge in [-0.2, -0.15) is 0 Å². The molecule has 0 saturated heterocycles. The highest BCUT2D eigenvalue weighted by molar-refractivity contribution is 6.24. The van der Waals surface area contributed by atoms with Crippen molar-refractivity contribution >= 4 is 11.8 Å². The van der Waals surface area contributed by atoms with Gasteiger partial charge < -0.3 is 15.2 Å². The Balaban J connectivity index is 3.33. The van der Waals surface area contributed by atoms with Gasteiger partial charge in [0.05, 0.1) is 18.8 Å². The lowest BCUT2D eigenvalue weighted by molar-refractivity contribution is -0.138. The number of aliphatic hydroxyl groups excluding tert-OH is 1. The number of rotatable bonds is 7. The summed E-state index contributed by atoms with van der Waals surface area (Å²) in [5.41, 5.74) is -1.93. The number of ketones is 1. The normalized spacial score (nSPS) is 12.7. The van der Waals surface area contributed by atoms with Crippen LogP contribution in [0.3, 0.4) is 0 Å². The summed E-state index contributed by atoms with van der Waals surface area (Å²) in [7, 11) is 0. The Labute approximate surface area is 134 Å². The minimum absolute atomic E-state index is 0.117. The minimum atomic E-state index is -2.17. The van der Waals surface area contributed by atoms with Crippen molar-refractivity contribution in [1.29, 1.82) is 0 Å². The van der Waals surface area contributed by atoms with E-state index < -0.39 is 52.2 Å². The molecular weight excluding hydrogens is 334 g/mol. The highest BCUT2D eigenvalue weighted by Gasteiger charge is 2.28. The first-order chi connectivity index (χ1) is 11.2. The molecule has 0 aromatic heterocycles. The van der Waals surface area contributed by atoms with Gasteiger partial charge in [-0.3, -0.25) is 4.79 Å². The maximum absolute atomic E-state index is 13.7. The third-order valence-corrected chi connectivity index (χ3v) is 2.87. The van der Waals surface area contributed by atoms with Crippen molar-refractivity contribution in [2.75, 3.05) is 13.2 Å². The lowest BCUT2D eigenvalue weighted by Gasteiger charge is -2.11. The number of benzene rings is 1. The number of Topliss-reactive ketones (excluding diaryl/α,β-unsaturated/α-hetero) is 1. The number of hydrogen-bond acceptors (Lipinski definition) is 5. The van der Waals surface area contributed by atoms with Gasteiger partial charge >= 0.3 is 5.97 Å². The van der Waals surface area contributed by atoms with Crippen LogP contribution in [-0.4, -0.2) is 36.1 Å². The SMILES string of the molecule is CCOC(=O)C(=CNC(C)CO)C(=O)c1cc(F)c(F)c(F)c1F. The maximum Gasteiger partial charge on any atom is 0.343 e. The van der Waals surface area contributed by atoms with Gasteiger partial charge in [-0.25, -0.2) is 22.4 Å². The third-order valence-electron chi connectivity index (χ3n) is 2.87. The number of hydrogen-bond donors (Lipinski definition) is 2. The molecule has 5 nitrogen and oxygen atoms in total. The molecule has 0 radical (unpaired) electrons. The number of nitrogens with one attached hydrogen (secondary N) is 1. The fourth-order valence-corrected chi connectivity index (χ4v) is 1.59. The van der Waals surface area contributed by atoms with Crippen molar-refractivity contribution in [2.24, 2.45) is 0 Å². The molecule has 0 amide bonds. The summed E-state index contributed by atoms with van der Waals surface area (Å²) in [5, 5.41) is 11.4. The predicted molar refractivity (Wildman–Crippen MR) is 75.0 cm³/mol. The molecule has 0 spiro atoms. The Morgan fingerprint density at radius 1 is 1.25 bits per heavy atom. The lowest BCUT2D eigenvalue weighted by atomic mass is 10.0. The molecule has 0 fully saturated rings. The van der Waals surface area contributed by atoms with Crippen LogP contribution < -0.4 is 5.32 Å². The summed E-state index contributed by atoms with van der Waals surface area (Å²) >= 11 is 0. The van der Waals surface area contributed by atoms with Crippen molar-refractivity contribution in [3.05, 3.63) is 46.7 Å². The topological polar surface area (TPSA) is 75.6 Å². The number of esters is 1. The number of halogens is 4. The molecule has 0 heterocycles. The summed E-state index contributed by atoms with van der Waals surface area (Å²) in [5.74, 6) is -10.5. The average molecular weight is 349 g/mol. The van der Waals surface area contributed by atoms with E-state index in [0.717, 1.165) is 6.20 Å². The van der Waals surface area contributed by atoms with Crippen LogP contribution >= 0.6 is 0 Å². The third kappa shape index (κ3) is 4.31. The first-order valence-electron chi connectivity index (χ1n) is 6.86. The van der Waals surface area contributed by atoms with Gasteiger partial charge in [-0.1, -0.05) is 0 Å². The number of carbonyl (C=O) groups is 2. The summed E-state index contributed by atoms with van der Waals surface area (Å²) in [6, 6.07) is -0.424. The van der Waals surface area contributed by atoms with Gasteiger partial charge in [-0.15, -0.1) is 0 Å². The Morgan fingerprint density at radius 2 is 1.88 bits per heavy atom. The summed E-state index contributed by atoms with van der Waals surface area (Å²) in [6.07, 6.45) is 0.833. The van der Waals surface area contributed by atoms with Crippen LogP contribution in [0.15, 0.2) is 17.8 Å².